The number of rotatable bonds is 4. The molecule has 0 bridgehead atoms. The maximum absolute atomic E-state index is 12.6. The standard InChI is InChI=1S/C19H23N3O4/c1-11-6-5-9-15(12(11)2)20-16(23)10-22-18(24)14-8-4-3-7-13(14)17(21-22)19(25)26/h3-4,7-8,11-12,15H,5-6,9-10H2,1-2H3,(H,20,23)(H,25,26)/t11-,12-,15+/m0/s1. The molecule has 1 aromatic heterocycles. The van der Waals surface area contributed by atoms with Crippen molar-refractivity contribution < 1.29 is 14.7 Å². The van der Waals surface area contributed by atoms with Gasteiger partial charge < -0.3 is 10.4 Å². The first-order valence-electron chi connectivity index (χ1n) is 8.91. The van der Waals surface area contributed by atoms with E-state index in [9.17, 15) is 19.5 Å². The van der Waals surface area contributed by atoms with Gasteiger partial charge in [-0.2, -0.15) is 5.10 Å². The molecule has 1 amide bonds. The molecule has 2 aromatic rings. The van der Waals surface area contributed by atoms with Gasteiger partial charge in [0.05, 0.1) is 5.39 Å². The second kappa shape index (κ2) is 7.27. The summed E-state index contributed by atoms with van der Waals surface area (Å²) in [5.41, 5.74) is -0.696. The maximum Gasteiger partial charge on any atom is 0.357 e. The zero-order chi connectivity index (χ0) is 18.8. The highest BCUT2D eigenvalue weighted by molar-refractivity contribution is 6.01. The number of carboxylic acid groups (broad SMARTS) is 1. The van der Waals surface area contributed by atoms with Crippen LogP contribution in [0.3, 0.4) is 0 Å². The van der Waals surface area contributed by atoms with Gasteiger partial charge in [0.2, 0.25) is 5.91 Å². The Morgan fingerprint density at radius 2 is 1.92 bits per heavy atom. The smallest absolute Gasteiger partial charge is 0.357 e. The van der Waals surface area contributed by atoms with Crippen LogP contribution in [0, 0.1) is 11.8 Å². The Hall–Kier alpha value is -2.70. The lowest BCUT2D eigenvalue weighted by Crippen LogP contribution is -2.46. The number of nitrogens with one attached hydrogen (secondary N) is 1. The quantitative estimate of drug-likeness (QED) is 0.872. The summed E-state index contributed by atoms with van der Waals surface area (Å²) in [6.45, 7) is 4.01. The zero-order valence-electron chi connectivity index (χ0n) is 14.9. The third-order valence-electron chi connectivity index (χ3n) is 5.42. The van der Waals surface area contributed by atoms with E-state index in [0.29, 0.717) is 11.8 Å². The summed E-state index contributed by atoms with van der Waals surface area (Å²) in [7, 11) is 0. The van der Waals surface area contributed by atoms with E-state index in [1.807, 2.05) is 0 Å². The van der Waals surface area contributed by atoms with Gasteiger partial charge in [-0.1, -0.05) is 44.9 Å². The molecule has 0 radical (unpaired) electrons. The van der Waals surface area contributed by atoms with Crippen molar-refractivity contribution in [3.8, 4) is 0 Å². The Morgan fingerprint density at radius 3 is 2.62 bits per heavy atom. The number of benzene rings is 1. The van der Waals surface area contributed by atoms with E-state index < -0.39 is 11.5 Å². The highest BCUT2D eigenvalue weighted by Crippen LogP contribution is 2.29. The normalized spacial score (nSPS) is 22.9. The first-order valence-corrected chi connectivity index (χ1v) is 8.91. The number of amides is 1. The van der Waals surface area contributed by atoms with Crippen molar-refractivity contribution in [1.29, 1.82) is 0 Å². The highest BCUT2D eigenvalue weighted by Gasteiger charge is 2.28. The predicted octanol–water partition coefficient (Wildman–Crippen LogP) is 2.04. The molecule has 0 spiro atoms. The van der Waals surface area contributed by atoms with E-state index in [4.69, 9.17) is 0 Å². The third-order valence-corrected chi connectivity index (χ3v) is 5.42. The van der Waals surface area contributed by atoms with Crippen molar-refractivity contribution in [2.24, 2.45) is 11.8 Å². The zero-order valence-corrected chi connectivity index (χ0v) is 14.9. The Balaban J connectivity index is 1.86. The van der Waals surface area contributed by atoms with Crippen molar-refractivity contribution in [1.82, 2.24) is 15.1 Å². The van der Waals surface area contributed by atoms with Crippen LogP contribution in [0.5, 0.6) is 0 Å². The maximum atomic E-state index is 12.6. The summed E-state index contributed by atoms with van der Waals surface area (Å²) < 4.78 is 0.943. The summed E-state index contributed by atoms with van der Waals surface area (Å²) in [5, 5.41) is 16.8. The minimum absolute atomic E-state index is 0.0707. The average Bonchev–Trinajstić information content (AvgIpc) is 2.61. The Morgan fingerprint density at radius 1 is 1.23 bits per heavy atom. The molecule has 1 aromatic carbocycles. The molecule has 1 fully saturated rings. The van der Waals surface area contributed by atoms with E-state index in [2.05, 4.69) is 24.3 Å². The van der Waals surface area contributed by atoms with Gasteiger partial charge >= 0.3 is 5.97 Å². The van der Waals surface area contributed by atoms with Crippen LogP contribution in [0.4, 0.5) is 0 Å². The average molecular weight is 357 g/mol. The number of carbonyl (C=O) groups excluding carboxylic acids is 1. The molecule has 0 saturated heterocycles. The van der Waals surface area contributed by atoms with Crippen LogP contribution < -0.4 is 10.9 Å². The molecule has 26 heavy (non-hydrogen) atoms. The van der Waals surface area contributed by atoms with Crippen molar-refractivity contribution in [2.45, 2.75) is 45.7 Å². The Kier molecular flexibility index (Phi) is 5.06. The van der Waals surface area contributed by atoms with Crippen molar-refractivity contribution in [3.05, 3.63) is 40.3 Å². The molecule has 1 aliphatic rings. The Labute approximate surface area is 151 Å². The van der Waals surface area contributed by atoms with Gasteiger partial charge in [0, 0.05) is 11.4 Å². The summed E-state index contributed by atoms with van der Waals surface area (Å²) in [4.78, 5) is 36.5. The topological polar surface area (TPSA) is 101 Å². The molecule has 0 aliphatic heterocycles. The lowest BCUT2D eigenvalue weighted by molar-refractivity contribution is -0.123. The van der Waals surface area contributed by atoms with Gasteiger partial charge in [0.1, 0.15) is 6.54 Å². The molecular weight excluding hydrogens is 334 g/mol. The fourth-order valence-corrected chi connectivity index (χ4v) is 3.67. The molecule has 1 saturated carbocycles. The molecule has 2 N–H and O–H groups in total. The second-order valence-electron chi connectivity index (χ2n) is 7.10. The fourth-order valence-electron chi connectivity index (χ4n) is 3.67. The van der Waals surface area contributed by atoms with Crippen molar-refractivity contribution in [3.63, 3.8) is 0 Å². The number of carbonyl (C=O) groups is 2. The molecule has 138 valence electrons. The van der Waals surface area contributed by atoms with E-state index in [-0.39, 0.29) is 35.0 Å². The van der Waals surface area contributed by atoms with Gasteiger partial charge in [0.15, 0.2) is 5.69 Å². The highest BCUT2D eigenvalue weighted by atomic mass is 16.4. The fraction of sp³-hybridized carbons (Fsp3) is 0.474. The van der Waals surface area contributed by atoms with Crippen LogP contribution in [-0.4, -0.2) is 32.8 Å². The van der Waals surface area contributed by atoms with Crippen molar-refractivity contribution >= 4 is 22.6 Å². The number of fused-ring (bicyclic) bond motifs is 1. The number of aromatic nitrogens is 2. The van der Waals surface area contributed by atoms with Crippen LogP contribution in [0.2, 0.25) is 0 Å². The number of aromatic carboxylic acids is 1. The lowest BCUT2D eigenvalue weighted by atomic mass is 9.78. The molecular formula is C19H23N3O4. The molecule has 1 heterocycles. The first kappa shape index (κ1) is 18.1. The molecule has 3 atom stereocenters. The number of carboxylic acids is 1. The third kappa shape index (κ3) is 3.47. The number of hydrogen-bond acceptors (Lipinski definition) is 4. The van der Waals surface area contributed by atoms with Gasteiger partial charge in [-0.3, -0.25) is 9.59 Å². The van der Waals surface area contributed by atoms with Gasteiger partial charge in [0.25, 0.3) is 5.56 Å². The van der Waals surface area contributed by atoms with Gasteiger partial charge in [-0.15, -0.1) is 0 Å². The van der Waals surface area contributed by atoms with Crippen LogP contribution in [0.1, 0.15) is 43.6 Å². The van der Waals surface area contributed by atoms with Crippen LogP contribution in [-0.2, 0) is 11.3 Å². The predicted molar refractivity (Wildman–Crippen MR) is 97.1 cm³/mol. The molecule has 7 heteroatoms. The summed E-state index contributed by atoms with van der Waals surface area (Å²) in [6, 6.07) is 6.47. The van der Waals surface area contributed by atoms with Crippen LogP contribution in [0.15, 0.2) is 29.1 Å². The summed E-state index contributed by atoms with van der Waals surface area (Å²) in [6.07, 6.45) is 3.13. The van der Waals surface area contributed by atoms with Crippen LogP contribution in [0.25, 0.3) is 10.8 Å². The molecule has 3 rings (SSSR count). The molecule has 7 nitrogen and oxygen atoms in total. The Bertz CT molecular complexity index is 905. The van der Waals surface area contributed by atoms with E-state index >= 15 is 0 Å². The van der Waals surface area contributed by atoms with Crippen LogP contribution >= 0.6 is 0 Å². The second-order valence-corrected chi connectivity index (χ2v) is 7.10. The lowest BCUT2D eigenvalue weighted by Gasteiger charge is -2.34. The molecule has 0 unspecified atom stereocenters. The number of hydrogen-bond donors (Lipinski definition) is 2. The first-order chi connectivity index (χ1) is 12.4. The van der Waals surface area contributed by atoms with Gasteiger partial charge in [-0.05, 0) is 24.3 Å². The minimum Gasteiger partial charge on any atom is -0.476 e. The summed E-state index contributed by atoms with van der Waals surface area (Å²) >= 11 is 0. The van der Waals surface area contributed by atoms with Crippen molar-refractivity contribution in [2.75, 3.05) is 0 Å². The monoisotopic (exact) mass is 357 g/mol. The minimum atomic E-state index is -1.23. The summed E-state index contributed by atoms with van der Waals surface area (Å²) in [5.74, 6) is -0.653. The molecule has 1 aliphatic carbocycles. The number of nitrogens with zero attached hydrogens (tertiary/aromatic N) is 2. The van der Waals surface area contributed by atoms with E-state index in [0.717, 1.165) is 23.9 Å². The largest absolute Gasteiger partial charge is 0.476 e. The van der Waals surface area contributed by atoms with E-state index in [1.54, 1.807) is 24.3 Å². The van der Waals surface area contributed by atoms with Gasteiger partial charge in [-0.25, -0.2) is 9.48 Å². The van der Waals surface area contributed by atoms with E-state index in [1.165, 1.54) is 0 Å². The SMILES string of the molecule is C[C@H]1[C@@H](C)CCC[C@H]1NC(=O)Cn1nc(C(=O)O)c2ccccc2c1=O.